The van der Waals surface area contributed by atoms with Crippen molar-refractivity contribution in [1.29, 1.82) is 0 Å². The van der Waals surface area contributed by atoms with E-state index in [1.807, 2.05) is 0 Å². The van der Waals surface area contributed by atoms with Crippen LogP contribution in [-0.4, -0.2) is 37.2 Å². The summed E-state index contributed by atoms with van der Waals surface area (Å²) in [5, 5.41) is 0. The van der Waals surface area contributed by atoms with Gasteiger partial charge in [0, 0.05) is 19.3 Å². The van der Waals surface area contributed by atoms with Gasteiger partial charge in [-0.25, -0.2) is 0 Å². The van der Waals surface area contributed by atoms with E-state index >= 15 is 0 Å². The van der Waals surface area contributed by atoms with Crippen LogP contribution < -0.4 is 0 Å². The van der Waals surface area contributed by atoms with E-state index in [1.54, 1.807) is 0 Å². The van der Waals surface area contributed by atoms with Gasteiger partial charge in [0.25, 0.3) is 0 Å². The molecule has 0 aliphatic heterocycles. The van der Waals surface area contributed by atoms with Gasteiger partial charge in [-0.3, -0.25) is 14.4 Å². The number of hydrogen-bond acceptors (Lipinski definition) is 6. The minimum atomic E-state index is -0.794. The molecule has 1 unspecified atom stereocenters. The Morgan fingerprint density at radius 2 is 0.557 bits per heavy atom. The zero-order valence-corrected chi connectivity index (χ0v) is 46.0. The van der Waals surface area contributed by atoms with Crippen LogP contribution in [0.15, 0.2) is 85.1 Å². The summed E-state index contributed by atoms with van der Waals surface area (Å²) in [6.07, 6.45) is 75.8. The number of allylic oxidation sites excluding steroid dienone is 14. The van der Waals surface area contributed by atoms with Crippen LogP contribution in [0.4, 0.5) is 0 Å². The predicted molar refractivity (Wildman–Crippen MR) is 302 cm³/mol. The van der Waals surface area contributed by atoms with Crippen molar-refractivity contribution >= 4 is 17.9 Å². The van der Waals surface area contributed by atoms with Gasteiger partial charge in [-0.05, 0) is 116 Å². The molecule has 0 bridgehead atoms. The van der Waals surface area contributed by atoms with Crippen molar-refractivity contribution in [3.8, 4) is 0 Å². The molecule has 0 radical (unpaired) electrons. The fourth-order valence-electron chi connectivity index (χ4n) is 8.16. The molecule has 0 heterocycles. The van der Waals surface area contributed by atoms with Crippen molar-refractivity contribution < 1.29 is 28.6 Å². The van der Waals surface area contributed by atoms with Gasteiger partial charge >= 0.3 is 17.9 Å². The lowest BCUT2D eigenvalue weighted by Crippen LogP contribution is -2.30. The molecule has 70 heavy (non-hydrogen) atoms. The SMILES string of the molecule is CC/C=C\C/C=C\C/C=C\C/C=C\CCCCCCC(=O)OC(COC(=O)CCCCCCC/C=C\CCCCC)COC(=O)CCCCCCCCCCCCC/C=C\C/C=C\CCCCCCC. The maximum Gasteiger partial charge on any atom is 0.306 e. The van der Waals surface area contributed by atoms with E-state index in [4.69, 9.17) is 14.2 Å². The first-order chi connectivity index (χ1) is 34.5. The molecule has 0 saturated carbocycles. The molecule has 0 amide bonds. The molecule has 402 valence electrons. The maximum absolute atomic E-state index is 12.8. The van der Waals surface area contributed by atoms with Crippen molar-refractivity contribution in [3.63, 3.8) is 0 Å². The fourth-order valence-corrected chi connectivity index (χ4v) is 8.16. The molecule has 0 saturated heterocycles. The van der Waals surface area contributed by atoms with Crippen molar-refractivity contribution in [1.82, 2.24) is 0 Å². The molecule has 0 spiro atoms. The zero-order chi connectivity index (χ0) is 50.7. The van der Waals surface area contributed by atoms with Crippen LogP contribution in [0.2, 0.25) is 0 Å². The van der Waals surface area contributed by atoms with Gasteiger partial charge < -0.3 is 14.2 Å². The Morgan fingerprint density at radius 1 is 0.300 bits per heavy atom. The van der Waals surface area contributed by atoms with E-state index < -0.39 is 6.10 Å². The van der Waals surface area contributed by atoms with E-state index in [9.17, 15) is 14.4 Å². The molecule has 0 aromatic carbocycles. The van der Waals surface area contributed by atoms with Gasteiger partial charge in [-0.2, -0.15) is 0 Å². The summed E-state index contributed by atoms with van der Waals surface area (Å²) in [6.45, 7) is 6.48. The molecule has 0 rings (SSSR count). The average molecular weight is 976 g/mol. The van der Waals surface area contributed by atoms with Gasteiger partial charge in [0.15, 0.2) is 6.10 Å². The van der Waals surface area contributed by atoms with Gasteiger partial charge in [0.1, 0.15) is 13.2 Å². The Kier molecular flexibility index (Phi) is 55.3. The lowest BCUT2D eigenvalue weighted by atomic mass is 10.0. The van der Waals surface area contributed by atoms with Crippen molar-refractivity contribution in [2.24, 2.45) is 0 Å². The molecule has 6 nitrogen and oxygen atoms in total. The number of ether oxygens (including phenoxy) is 3. The standard InChI is InChI=1S/C64H110O6/c1-4-7-10-13-16-19-22-25-27-29-30-31-32-33-34-36-37-39-42-45-48-51-54-57-63(66)69-60-61(59-68-62(65)56-53-50-47-44-41-24-21-18-15-12-9-6-3)70-64(67)58-55-52-49-46-43-40-38-35-28-26-23-20-17-14-11-8-5-2/h8,11,17-18,20-22,25-26,28-30,38,40,61H,4-7,9-10,12-16,19,23-24,27,31-37,39,41-60H2,1-3H3/b11-8-,20-17-,21-18-,25-22-,28-26-,30-29-,40-38-. The van der Waals surface area contributed by atoms with E-state index in [-0.39, 0.29) is 31.1 Å². The second kappa shape index (κ2) is 58.2. The molecule has 0 aliphatic rings. The van der Waals surface area contributed by atoms with Crippen LogP contribution in [-0.2, 0) is 28.6 Å². The summed E-state index contributed by atoms with van der Waals surface area (Å²) in [5.41, 5.74) is 0. The molecule has 0 aromatic rings. The third kappa shape index (κ3) is 55.5. The first kappa shape index (κ1) is 66.6. The Bertz CT molecular complexity index is 1350. The zero-order valence-electron chi connectivity index (χ0n) is 46.0. The highest BCUT2D eigenvalue weighted by Crippen LogP contribution is 2.15. The fraction of sp³-hybridized carbons (Fsp3) is 0.734. The van der Waals surface area contributed by atoms with Crippen LogP contribution in [0.25, 0.3) is 0 Å². The molecule has 0 aliphatic carbocycles. The number of hydrogen-bond donors (Lipinski definition) is 0. The molecule has 0 N–H and O–H groups in total. The second-order valence-corrected chi connectivity index (χ2v) is 19.5. The minimum absolute atomic E-state index is 0.0899. The van der Waals surface area contributed by atoms with Gasteiger partial charge in [-0.1, -0.05) is 234 Å². The number of carbonyl (C=O) groups is 3. The summed E-state index contributed by atoms with van der Waals surface area (Å²) in [5.74, 6) is -0.919. The van der Waals surface area contributed by atoms with E-state index in [2.05, 4.69) is 106 Å². The lowest BCUT2D eigenvalue weighted by Gasteiger charge is -2.18. The van der Waals surface area contributed by atoms with Crippen LogP contribution in [0.5, 0.6) is 0 Å². The molecular formula is C64H110O6. The topological polar surface area (TPSA) is 78.9 Å². The first-order valence-electron chi connectivity index (χ1n) is 29.6. The highest BCUT2D eigenvalue weighted by molar-refractivity contribution is 5.71. The highest BCUT2D eigenvalue weighted by Gasteiger charge is 2.19. The third-order valence-electron chi connectivity index (χ3n) is 12.6. The number of unbranched alkanes of at least 4 members (excludes halogenated alkanes) is 28. The van der Waals surface area contributed by atoms with Crippen molar-refractivity contribution in [3.05, 3.63) is 85.1 Å². The molecule has 1 atom stereocenters. The summed E-state index contributed by atoms with van der Waals surface area (Å²) in [6, 6.07) is 0. The summed E-state index contributed by atoms with van der Waals surface area (Å²) < 4.78 is 16.8. The van der Waals surface area contributed by atoms with Crippen molar-refractivity contribution in [2.75, 3.05) is 13.2 Å². The van der Waals surface area contributed by atoms with Crippen LogP contribution in [0.3, 0.4) is 0 Å². The third-order valence-corrected chi connectivity index (χ3v) is 12.6. The first-order valence-corrected chi connectivity index (χ1v) is 29.6. The Morgan fingerprint density at radius 3 is 0.914 bits per heavy atom. The van der Waals surface area contributed by atoms with Crippen molar-refractivity contribution in [2.45, 2.75) is 290 Å². The normalized spacial score (nSPS) is 12.7. The van der Waals surface area contributed by atoms with Gasteiger partial charge in [0.05, 0.1) is 0 Å². The Hall–Kier alpha value is -3.41. The van der Waals surface area contributed by atoms with Gasteiger partial charge in [0.2, 0.25) is 0 Å². The monoisotopic (exact) mass is 975 g/mol. The quantitative estimate of drug-likeness (QED) is 0.0261. The number of esters is 3. The Balaban J connectivity index is 4.35. The Labute approximate surface area is 433 Å². The van der Waals surface area contributed by atoms with Crippen LogP contribution in [0, 0.1) is 0 Å². The van der Waals surface area contributed by atoms with Gasteiger partial charge in [-0.15, -0.1) is 0 Å². The average Bonchev–Trinajstić information content (AvgIpc) is 3.36. The highest BCUT2D eigenvalue weighted by atomic mass is 16.6. The van der Waals surface area contributed by atoms with E-state index in [0.717, 1.165) is 109 Å². The summed E-state index contributed by atoms with van der Waals surface area (Å²) in [4.78, 5) is 38.2. The second-order valence-electron chi connectivity index (χ2n) is 19.5. The number of carbonyl (C=O) groups excluding carboxylic acids is 3. The predicted octanol–water partition coefficient (Wildman–Crippen LogP) is 19.9. The smallest absolute Gasteiger partial charge is 0.306 e. The van der Waals surface area contributed by atoms with Crippen LogP contribution in [0.1, 0.15) is 284 Å². The van der Waals surface area contributed by atoms with Crippen LogP contribution >= 0.6 is 0 Å². The molecule has 0 fully saturated rings. The van der Waals surface area contributed by atoms with E-state index in [0.29, 0.717) is 19.3 Å². The molecular weight excluding hydrogens is 865 g/mol. The summed E-state index contributed by atoms with van der Waals surface area (Å²) in [7, 11) is 0. The van der Waals surface area contributed by atoms with E-state index in [1.165, 1.54) is 135 Å². The largest absolute Gasteiger partial charge is 0.462 e. The maximum atomic E-state index is 12.8. The molecule has 6 heteroatoms. The summed E-state index contributed by atoms with van der Waals surface area (Å²) >= 11 is 0. The molecule has 0 aromatic heterocycles. The minimum Gasteiger partial charge on any atom is -0.462 e. The number of rotatable bonds is 53. The lowest BCUT2D eigenvalue weighted by molar-refractivity contribution is -0.167.